The second-order valence-corrected chi connectivity index (χ2v) is 9.93. The molecule has 0 radical (unpaired) electrons. The quantitative estimate of drug-likeness (QED) is 0.0766. The highest BCUT2D eigenvalue weighted by molar-refractivity contribution is 9.09. The Hall–Kier alpha value is -0.0500. The molecule has 0 aliphatic carbocycles. The highest BCUT2D eigenvalue weighted by atomic mass is 79.9. The Kier molecular flexibility index (Phi) is 25.2. The van der Waals surface area contributed by atoms with Gasteiger partial charge in [0.1, 0.15) is 6.10 Å². The number of carbonyl (C=O) groups is 1. The fourth-order valence-corrected chi connectivity index (χ4v) is 4.46. The summed E-state index contributed by atoms with van der Waals surface area (Å²) in [5.41, 5.74) is 0. The van der Waals surface area contributed by atoms with Gasteiger partial charge in [0.05, 0.1) is 0 Å². The maximum Gasteiger partial charge on any atom is 0.306 e. The van der Waals surface area contributed by atoms with Gasteiger partial charge in [-0.05, 0) is 38.5 Å². The van der Waals surface area contributed by atoms with Crippen LogP contribution in [-0.2, 0) is 9.53 Å². The van der Waals surface area contributed by atoms with Crippen molar-refractivity contribution in [2.75, 3.05) is 5.33 Å². The highest BCUT2D eigenvalue weighted by Gasteiger charge is 2.14. The molecule has 0 spiro atoms. The molecule has 0 saturated carbocycles. The SMILES string of the molecule is CCCCCCCCCC(CCCCCCCCC)OC(=O)CCCCCCCBr. The lowest BCUT2D eigenvalue weighted by Crippen LogP contribution is -2.18. The summed E-state index contributed by atoms with van der Waals surface area (Å²) in [6.07, 6.45) is 27.3. The zero-order valence-corrected chi connectivity index (χ0v) is 22.1. The molecule has 0 aliphatic rings. The van der Waals surface area contributed by atoms with Crippen molar-refractivity contribution in [3.05, 3.63) is 0 Å². The zero-order chi connectivity index (χ0) is 22.1. The predicted octanol–water partition coefficient (Wildman–Crippen LogP) is 9.92. The number of halogens is 1. The fourth-order valence-electron chi connectivity index (χ4n) is 4.06. The van der Waals surface area contributed by atoms with Gasteiger partial charge in [0.25, 0.3) is 0 Å². The van der Waals surface area contributed by atoms with E-state index in [-0.39, 0.29) is 12.1 Å². The van der Waals surface area contributed by atoms with E-state index in [9.17, 15) is 4.79 Å². The van der Waals surface area contributed by atoms with Gasteiger partial charge in [0.15, 0.2) is 0 Å². The van der Waals surface area contributed by atoms with Gasteiger partial charge in [-0.25, -0.2) is 0 Å². The third-order valence-electron chi connectivity index (χ3n) is 6.07. The van der Waals surface area contributed by atoms with Crippen molar-refractivity contribution in [1.29, 1.82) is 0 Å². The molecule has 0 bridgehead atoms. The Bertz CT molecular complexity index is 328. The number of hydrogen-bond donors (Lipinski definition) is 0. The van der Waals surface area contributed by atoms with Gasteiger partial charge in [-0.15, -0.1) is 0 Å². The summed E-state index contributed by atoms with van der Waals surface area (Å²) >= 11 is 3.48. The van der Waals surface area contributed by atoms with Crippen molar-refractivity contribution in [1.82, 2.24) is 0 Å². The van der Waals surface area contributed by atoms with Gasteiger partial charge >= 0.3 is 5.97 Å². The summed E-state index contributed by atoms with van der Waals surface area (Å²) in [5.74, 6) is 0.0476. The van der Waals surface area contributed by atoms with Crippen LogP contribution in [0.4, 0.5) is 0 Å². The number of hydrogen-bond acceptors (Lipinski definition) is 2. The molecule has 180 valence electrons. The minimum atomic E-state index is 0.0476. The van der Waals surface area contributed by atoms with Gasteiger partial charge in [0, 0.05) is 11.8 Å². The minimum absolute atomic E-state index is 0.0476. The van der Waals surface area contributed by atoms with E-state index in [0.29, 0.717) is 6.42 Å². The third kappa shape index (κ3) is 22.6. The standard InChI is InChI=1S/C27H53BrO2/c1-3-5-7-9-11-14-18-22-26(23-19-15-12-10-8-6-4-2)30-27(29)24-20-16-13-17-21-25-28/h26H,3-25H2,1-2H3. The molecule has 0 aliphatic heterocycles. The van der Waals surface area contributed by atoms with E-state index >= 15 is 0 Å². The van der Waals surface area contributed by atoms with E-state index in [1.807, 2.05) is 0 Å². The molecule has 0 fully saturated rings. The Labute approximate surface area is 197 Å². The van der Waals surface area contributed by atoms with Crippen LogP contribution in [0.25, 0.3) is 0 Å². The van der Waals surface area contributed by atoms with Crippen LogP contribution in [0.5, 0.6) is 0 Å². The van der Waals surface area contributed by atoms with Crippen molar-refractivity contribution >= 4 is 21.9 Å². The highest BCUT2D eigenvalue weighted by Crippen LogP contribution is 2.18. The van der Waals surface area contributed by atoms with Crippen LogP contribution in [-0.4, -0.2) is 17.4 Å². The lowest BCUT2D eigenvalue weighted by Gasteiger charge is -2.18. The molecule has 2 nitrogen and oxygen atoms in total. The first-order valence-corrected chi connectivity index (χ1v) is 14.6. The Balaban J connectivity index is 4.01. The largest absolute Gasteiger partial charge is 0.462 e. The average molecular weight is 490 g/mol. The van der Waals surface area contributed by atoms with Crippen molar-refractivity contribution in [3.8, 4) is 0 Å². The number of rotatable bonds is 24. The third-order valence-corrected chi connectivity index (χ3v) is 6.63. The van der Waals surface area contributed by atoms with E-state index in [4.69, 9.17) is 4.74 Å². The lowest BCUT2D eigenvalue weighted by atomic mass is 10.0. The van der Waals surface area contributed by atoms with E-state index in [0.717, 1.165) is 31.0 Å². The summed E-state index contributed by atoms with van der Waals surface area (Å²) in [4.78, 5) is 12.3. The molecule has 0 saturated heterocycles. The van der Waals surface area contributed by atoms with Crippen LogP contribution in [0.15, 0.2) is 0 Å². The Morgan fingerprint density at radius 3 is 1.47 bits per heavy atom. The maximum atomic E-state index is 12.3. The summed E-state index contributed by atoms with van der Waals surface area (Å²) in [6.45, 7) is 4.54. The van der Waals surface area contributed by atoms with Crippen LogP contribution < -0.4 is 0 Å². The number of ether oxygens (including phenoxy) is 1. The molecule has 0 atom stereocenters. The topological polar surface area (TPSA) is 26.3 Å². The molecule has 0 amide bonds. The molecule has 3 heteroatoms. The first kappa shape index (κ1) is 29.9. The first-order valence-electron chi connectivity index (χ1n) is 13.5. The van der Waals surface area contributed by atoms with Crippen molar-refractivity contribution in [3.63, 3.8) is 0 Å². The number of unbranched alkanes of at least 4 members (excludes halogenated alkanes) is 16. The van der Waals surface area contributed by atoms with Crippen molar-refractivity contribution in [2.45, 2.75) is 161 Å². The molecular weight excluding hydrogens is 436 g/mol. The Morgan fingerprint density at radius 1 is 0.600 bits per heavy atom. The molecule has 0 aromatic heterocycles. The molecule has 0 aromatic rings. The maximum absolute atomic E-state index is 12.3. The zero-order valence-electron chi connectivity index (χ0n) is 20.5. The summed E-state index contributed by atoms with van der Waals surface area (Å²) in [7, 11) is 0. The van der Waals surface area contributed by atoms with Crippen LogP contribution in [0, 0.1) is 0 Å². The average Bonchev–Trinajstić information content (AvgIpc) is 2.74. The van der Waals surface area contributed by atoms with Crippen LogP contribution >= 0.6 is 15.9 Å². The minimum Gasteiger partial charge on any atom is -0.462 e. The fraction of sp³-hybridized carbons (Fsp3) is 0.963. The van der Waals surface area contributed by atoms with Crippen LogP contribution in [0.1, 0.15) is 155 Å². The molecule has 0 rings (SSSR count). The van der Waals surface area contributed by atoms with Gasteiger partial charge in [-0.3, -0.25) is 4.79 Å². The normalized spacial score (nSPS) is 11.3. The first-order chi connectivity index (χ1) is 14.7. The molecule has 0 heterocycles. The van der Waals surface area contributed by atoms with Crippen molar-refractivity contribution in [2.24, 2.45) is 0 Å². The lowest BCUT2D eigenvalue weighted by molar-refractivity contribution is -0.150. The number of alkyl halides is 1. The number of esters is 1. The molecule has 0 unspecified atom stereocenters. The smallest absolute Gasteiger partial charge is 0.306 e. The van der Waals surface area contributed by atoms with Gasteiger partial charge in [-0.2, -0.15) is 0 Å². The predicted molar refractivity (Wildman–Crippen MR) is 137 cm³/mol. The molecular formula is C27H53BrO2. The molecule has 0 N–H and O–H groups in total. The molecule has 30 heavy (non-hydrogen) atoms. The molecule has 0 aromatic carbocycles. The Morgan fingerprint density at radius 2 is 1.00 bits per heavy atom. The summed E-state index contributed by atoms with van der Waals surface area (Å²) < 4.78 is 5.92. The van der Waals surface area contributed by atoms with E-state index < -0.39 is 0 Å². The van der Waals surface area contributed by atoms with E-state index in [1.54, 1.807) is 0 Å². The van der Waals surface area contributed by atoms with Gasteiger partial charge in [0.2, 0.25) is 0 Å². The second kappa shape index (κ2) is 25.2. The van der Waals surface area contributed by atoms with Crippen molar-refractivity contribution < 1.29 is 9.53 Å². The second-order valence-electron chi connectivity index (χ2n) is 9.14. The van der Waals surface area contributed by atoms with Gasteiger partial charge < -0.3 is 4.74 Å². The monoisotopic (exact) mass is 488 g/mol. The van der Waals surface area contributed by atoms with Crippen LogP contribution in [0.3, 0.4) is 0 Å². The summed E-state index contributed by atoms with van der Waals surface area (Å²) in [6, 6.07) is 0. The number of carbonyl (C=O) groups excluding carboxylic acids is 1. The van der Waals surface area contributed by atoms with E-state index in [2.05, 4.69) is 29.8 Å². The van der Waals surface area contributed by atoms with Gasteiger partial charge in [-0.1, -0.05) is 126 Å². The summed E-state index contributed by atoms with van der Waals surface area (Å²) in [5, 5.41) is 1.09. The van der Waals surface area contributed by atoms with Crippen LogP contribution in [0.2, 0.25) is 0 Å². The van der Waals surface area contributed by atoms with E-state index in [1.165, 1.54) is 109 Å².